The van der Waals surface area contributed by atoms with Crippen molar-refractivity contribution in [1.82, 2.24) is 10.3 Å². The highest BCUT2D eigenvalue weighted by molar-refractivity contribution is 7.13. The number of aromatic nitrogens is 1. The maximum atomic E-state index is 12.2. The summed E-state index contributed by atoms with van der Waals surface area (Å²) in [7, 11) is 0. The Morgan fingerprint density at radius 1 is 0.968 bits per heavy atom. The first-order valence-electron chi connectivity index (χ1n) is 9.64. The number of carbonyl (C=O) groups excluding carboxylic acids is 1. The number of amides is 1. The van der Waals surface area contributed by atoms with Gasteiger partial charge in [-0.1, -0.05) is 35.9 Å². The summed E-state index contributed by atoms with van der Waals surface area (Å²) in [5.41, 5.74) is 4.52. The lowest BCUT2D eigenvalue weighted by Crippen LogP contribution is -2.22. The van der Waals surface area contributed by atoms with Crippen molar-refractivity contribution < 1.29 is 14.3 Å². The molecule has 1 amide bonds. The summed E-state index contributed by atoms with van der Waals surface area (Å²) in [6.45, 7) is 0.704. The van der Waals surface area contributed by atoms with Crippen molar-refractivity contribution in [1.29, 1.82) is 0 Å². The maximum Gasteiger partial charge on any atom is 0.251 e. The van der Waals surface area contributed by atoms with Gasteiger partial charge in [0.1, 0.15) is 5.01 Å². The molecule has 0 fully saturated rings. The molecule has 1 N–H and O–H groups in total. The zero-order valence-electron chi connectivity index (χ0n) is 16.3. The molecule has 1 aromatic heterocycles. The number of nitrogens with one attached hydrogen (secondary N) is 1. The van der Waals surface area contributed by atoms with Crippen LogP contribution in [0.3, 0.4) is 0 Å². The lowest BCUT2D eigenvalue weighted by Gasteiger charge is -2.06. The third kappa shape index (κ3) is 4.26. The summed E-state index contributed by atoms with van der Waals surface area (Å²) in [4.78, 5) is 17.0. The van der Waals surface area contributed by atoms with Gasteiger partial charge >= 0.3 is 0 Å². The van der Waals surface area contributed by atoms with Crippen LogP contribution in [-0.2, 0) is 6.54 Å². The number of thiazole rings is 1. The van der Waals surface area contributed by atoms with Crippen LogP contribution in [0.1, 0.15) is 15.9 Å². The van der Waals surface area contributed by atoms with Crippen molar-refractivity contribution in [3.63, 3.8) is 0 Å². The molecule has 0 radical (unpaired) electrons. The number of benzene rings is 3. The topological polar surface area (TPSA) is 60.5 Å². The molecule has 3 aromatic carbocycles. The number of ether oxygens (including phenoxy) is 2. The summed E-state index contributed by atoms with van der Waals surface area (Å²) in [6.07, 6.45) is 0. The van der Waals surface area contributed by atoms with Crippen molar-refractivity contribution in [3.05, 3.63) is 88.3 Å². The van der Waals surface area contributed by atoms with E-state index in [2.05, 4.69) is 5.32 Å². The number of fused-ring (bicyclic) bond motifs is 1. The molecule has 0 spiro atoms. The monoisotopic (exact) mass is 448 g/mol. The molecule has 0 bridgehead atoms. The Bertz CT molecular complexity index is 1240. The van der Waals surface area contributed by atoms with Crippen LogP contribution in [0.4, 0.5) is 0 Å². The van der Waals surface area contributed by atoms with Crippen LogP contribution in [0.25, 0.3) is 21.8 Å². The number of rotatable bonds is 5. The maximum absolute atomic E-state index is 12.2. The minimum Gasteiger partial charge on any atom is -0.454 e. The summed E-state index contributed by atoms with van der Waals surface area (Å²) in [5.74, 6) is 1.38. The lowest BCUT2D eigenvalue weighted by atomic mass is 10.1. The molecule has 5 nitrogen and oxygen atoms in total. The van der Waals surface area contributed by atoms with E-state index in [1.165, 1.54) is 0 Å². The number of hydrogen-bond acceptors (Lipinski definition) is 5. The van der Waals surface area contributed by atoms with Gasteiger partial charge in [-0.2, -0.15) is 0 Å². The molecular formula is C24H17ClN2O3S. The van der Waals surface area contributed by atoms with E-state index in [0.29, 0.717) is 17.1 Å². The number of halogens is 1. The molecule has 0 unspecified atom stereocenters. The average Bonchev–Trinajstić information content (AvgIpc) is 3.47. The fraction of sp³-hybridized carbons (Fsp3) is 0.0833. The number of carbonyl (C=O) groups is 1. The molecule has 7 heteroatoms. The molecule has 5 rings (SSSR count). The number of hydrogen-bond donors (Lipinski definition) is 1. The summed E-state index contributed by atoms with van der Waals surface area (Å²) in [6, 6.07) is 20.7. The largest absolute Gasteiger partial charge is 0.454 e. The van der Waals surface area contributed by atoms with Crippen LogP contribution in [0, 0.1) is 0 Å². The first-order valence-corrected chi connectivity index (χ1v) is 10.9. The first kappa shape index (κ1) is 19.6. The van der Waals surface area contributed by atoms with Crippen molar-refractivity contribution in [2.24, 2.45) is 0 Å². The zero-order valence-corrected chi connectivity index (χ0v) is 17.9. The van der Waals surface area contributed by atoms with Crippen molar-refractivity contribution in [3.8, 4) is 33.3 Å². The van der Waals surface area contributed by atoms with Crippen LogP contribution < -0.4 is 14.8 Å². The van der Waals surface area contributed by atoms with Gasteiger partial charge in [0.05, 0.1) is 5.69 Å². The average molecular weight is 449 g/mol. The minimum absolute atomic E-state index is 0.131. The predicted octanol–water partition coefficient (Wildman–Crippen LogP) is 5.79. The van der Waals surface area contributed by atoms with Crippen LogP contribution in [-0.4, -0.2) is 17.7 Å². The Morgan fingerprint density at radius 3 is 2.52 bits per heavy atom. The molecular weight excluding hydrogens is 432 g/mol. The van der Waals surface area contributed by atoms with E-state index in [0.717, 1.165) is 38.9 Å². The number of nitrogens with zero attached hydrogens (tertiary/aromatic N) is 1. The second-order valence-electron chi connectivity index (χ2n) is 6.99. The summed E-state index contributed by atoms with van der Waals surface area (Å²) >= 11 is 7.46. The predicted molar refractivity (Wildman–Crippen MR) is 122 cm³/mol. The Morgan fingerprint density at radius 2 is 1.71 bits per heavy atom. The SMILES string of the molecule is O=C(NCc1ccc(-c2nc(-c3ccc4c(c3)OCO4)cs2)cc1)c1ccc(Cl)cc1. The van der Waals surface area contributed by atoms with Crippen LogP contribution in [0.2, 0.25) is 5.02 Å². The van der Waals surface area contributed by atoms with E-state index in [1.807, 2.05) is 47.8 Å². The van der Waals surface area contributed by atoms with Gasteiger partial charge in [0.2, 0.25) is 6.79 Å². The van der Waals surface area contributed by atoms with E-state index in [9.17, 15) is 4.79 Å². The van der Waals surface area contributed by atoms with Gasteiger partial charge in [0.25, 0.3) is 5.91 Å². The van der Waals surface area contributed by atoms with E-state index in [1.54, 1.807) is 35.6 Å². The van der Waals surface area contributed by atoms with Crippen molar-refractivity contribution in [2.75, 3.05) is 6.79 Å². The van der Waals surface area contributed by atoms with Gasteiger partial charge in [-0.05, 0) is 48.0 Å². The van der Waals surface area contributed by atoms with Gasteiger partial charge < -0.3 is 14.8 Å². The highest BCUT2D eigenvalue weighted by Crippen LogP contribution is 2.37. The second-order valence-corrected chi connectivity index (χ2v) is 8.29. The molecule has 0 saturated heterocycles. The third-order valence-electron chi connectivity index (χ3n) is 4.93. The highest BCUT2D eigenvalue weighted by Gasteiger charge is 2.15. The van der Waals surface area contributed by atoms with Crippen LogP contribution in [0.15, 0.2) is 72.1 Å². The van der Waals surface area contributed by atoms with Crippen molar-refractivity contribution in [2.45, 2.75) is 6.54 Å². The Kier molecular flexibility index (Phi) is 5.32. The molecule has 31 heavy (non-hydrogen) atoms. The molecule has 4 aromatic rings. The summed E-state index contributed by atoms with van der Waals surface area (Å²) < 4.78 is 10.8. The fourth-order valence-electron chi connectivity index (χ4n) is 3.25. The highest BCUT2D eigenvalue weighted by atomic mass is 35.5. The summed E-state index contributed by atoms with van der Waals surface area (Å²) in [5, 5.41) is 6.50. The third-order valence-corrected chi connectivity index (χ3v) is 6.08. The second kappa shape index (κ2) is 8.41. The standard InChI is InChI=1S/C24H17ClN2O3S/c25-19-8-5-16(6-9-19)23(28)26-12-15-1-3-17(4-2-15)24-27-20(13-31-24)18-7-10-21-22(11-18)30-14-29-21/h1-11,13H,12,14H2,(H,26,28). The van der Waals surface area contributed by atoms with Gasteiger partial charge in [0.15, 0.2) is 11.5 Å². The lowest BCUT2D eigenvalue weighted by molar-refractivity contribution is 0.0951. The van der Waals surface area contributed by atoms with E-state index in [4.69, 9.17) is 26.1 Å². The fourth-order valence-corrected chi connectivity index (χ4v) is 4.21. The zero-order chi connectivity index (χ0) is 21.2. The molecule has 1 aliphatic heterocycles. The quantitative estimate of drug-likeness (QED) is 0.420. The van der Waals surface area contributed by atoms with Gasteiger partial charge in [-0.15, -0.1) is 11.3 Å². The van der Waals surface area contributed by atoms with Crippen LogP contribution in [0.5, 0.6) is 11.5 Å². The van der Waals surface area contributed by atoms with Crippen LogP contribution >= 0.6 is 22.9 Å². The van der Waals surface area contributed by atoms with Gasteiger partial charge in [-0.3, -0.25) is 4.79 Å². The van der Waals surface area contributed by atoms with Gasteiger partial charge in [-0.25, -0.2) is 4.98 Å². The molecule has 0 saturated carbocycles. The van der Waals surface area contributed by atoms with E-state index < -0.39 is 0 Å². The molecule has 154 valence electrons. The molecule has 1 aliphatic rings. The Balaban J connectivity index is 1.25. The Hall–Kier alpha value is -3.35. The normalized spacial score (nSPS) is 12.0. The molecule has 0 atom stereocenters. The van der Waals surface area contributed by atoms with Crippen molar-refractivity contribution >= 4 is 28.8 Å². The molecule has 0 aliphatic carbocycles. The van der Waals surface area contributed by atoms with E-state index >= 15 is 0 Å². The van der Waals surface area contributed by atoms with Gasteiger partial charge in [0, 0.05) is 33.6 Å². The van der Waals surface area contributed by atoms with E-state index in [-0.39, 0.29) is 12.7 Å². The minimum atomic E-state index is -0.131. The Labute approximate surface area is 188 Å². The smallest absolute Gasteiger partial charge is 0.251 e. The molecule has 2 heterocycles. The first-order chi connectivity index (χ1) is 15.2.